The zero-order valence-corrected chi connectivity index (χ0v) is 13.2. The first-order valence-electron chi connectivity index (χ1n) is 6.83. The van der Waals surface area contributed by atoms with Gasteiger partial charge < -0.3 is 15.2 Å². The normalized spacial score (nSPS) is 14.8. The molecule has 1 aromatic carbocycles. The van der Waals surface area contributed by atoms with Gasteiger partial charge in [0, 0.05) is 36.6 Å². The Hall–Kier alpha value is -0.910. The SMILES string of the molecule is COCCCC(N)C(=O)Cc1cc(Br)cc2c1OCC2. The minimum Gasteiger partial charge on any atom is -0.493 e. The summed E-state index contributed by atoms with van der Waals surface area (Å²) in [4.78, 5) is 12.2. The third kappa shape index (κ3) is 3.81. The number of nitrogens with two attached hydrogens (primary N) is 1. The largest absolute Gasteiger partial charge is 0.493 e. The number of carbonyl (C=O) groups excluding carboxylic acids is 1. The summed E-state index contributed by atoms with van der Waals surface area (Å²) in [6, 6.07) is 3.57. The van der Waals surface area contributed by atoms with Crippen LogP contribution in [0.15, 0.2) is 16.6 Å². The lowest BCUT2D eigenvalue weighted by atomic mass is 9.98. The van der Waals surface area contributed by atoms with Crippen molar-refractivity contribution in [3.8, 4) is 5.75 Å². The average Bonchev–Trinajstić information content (AvgIpc) is 2.86. The second kappa shape index (κ2) is 7.20. The van der Waals surface area contributed by atoms with Gasteiger partial charge in [-0.1, -0.05) is 15.9 Å². The van der Waals surface area contributed by atoms with E-state index in [-0.39, 0.29) is 5.78 Å². The van der Waals surface area contributed by atoms with E-state index in [0.717, 1.165) is 34.2 Å². The Bertz CT molecular complexity index is 490. The molecule has 1 unspecified atom stereocenters. The van der Waals surface area contributed by atoms with E-state index in [1.54, 1.807) is 7.11 Å². The number of halogens is 1. The van der Waals surface area contributed by atoms with E-state index in [1.807, 2.05) is 6.07 Å². The first kappa shape index (κ1) is 15.5. The number of carbonyl (C=O) groups is 1. The van der Waals surface area contributed by atoms with Gasteiger partial charge in [-0.15, -0.1) is 0 Å². The molecular formula is C15H20BrNO3. The smallest absolute Gasteiger partial charge is 0.154 e. The molecule has 1 aliphatic rings. The fourth-order valence-electron chi connectivity index (χ4n) is 2.40. The van der Waals surface area contributed by atoms with E-state index in [9.17, 15) is 4.79 Å². The number of benzene rings is 1. The Balaban J connectivity index is 2.01. The maximum absolute atomic E-state index is 12.2. The Kier molecular flexibility index (Phi) is 5.57. The van der Waals surface area contributed by atoms with Crippen LogP contribution >= 0.6 is 15.9 Å². The van der Waals surface area contributed by atoms with Gasteiger partial charge in [-0.05, 0) is 30.5 Å². The molecule has 4 nitrogen and oxygen atoms in total. The van der Waals surface area contributed by atoms with Gasteiger partial charge >= 0.3 is 0 Å². The molecule has 0 saturated heterocycles. The molecule has 110 valence electrons. The van der Waals surface area contributed by atoms with Crippen LogP contribution in [0.5, 0.6) is 5.75 Å². The molecule has 0 fully saturated rings. The van der Waals surface area contributed by atoms with E-state index in [4.69, 9.17) is 15.2 Å². The molecule has 1 aromatic rings. The molecule has 20 heavy (non-hydrogen) atoms. The Morgan fingerprint density at radius 2 is 2.35 bits per heavy atom. The number of ether oxygens (including phenoxy) is 2. The van der Waals surface area contributed by atoms with Crippen molar-refractivity contribution in [3.05, 3.63) is 27.7 Å². The van der Waals surface area contributed by atoms with Crippen molar-refractivity contribution in [1.29, 1.82) is 0 Å². The molecule has 0 spiro atoms. The second-order valence-electron chi connectivity index (χ2n) is 5.04. The van der Waals surface area contributed by atoms with Crippen molar-refractivity contribution in [2.24, 2.45) is 5.73 Å². The minimum absolute atomic E-state index is 0.0527. The van der Waals surface area contributed by atoms with Crippen molar-refractivity contribution in [1.82, 2.24) is 0 Å². The first-order chi connectivity index (χ1) is 9.61. The molecular weight excluding hydrogens is 322 g/mol. The molecule has 2 rings (SSSR count). The van der Waals surface area contributed by atoms with Gasteiger partial charge in [-0.3, -0.25) is 4.79 Å². The fourth-order valence-corrected chi connectivity index (χ4v) is 2.96. The number of hydrogen-bond acceptors (Lipinski definition) is 4. The Labute approximate surface area is 127 Å². The molecule has 1 atom stereocenters. The van der Waals surface area contributed by atoms with Crippen LogP contribution in [0, 0.1) is 0 Å². The lowest BCUT2D eigenvalue weighted by molar-refractivity contribution is -0.119. The summed E-state index contributed by atoms with van der Waals surface area (Å²) in [5.41, 5.74) is 8.02. The summed E-state index contributed by atoms with van der Waals surface area (Å²) in [6.07, 6.45) is 2.69. The van der Waals surface area contributed by atoms with Crippen LogP contribution in [0.25, 0.3) is 0 Å². The molecule has 0 aliphatic carbocycles. The van der Waals surface area contributed by atoms with E-state index < -0.39 is 6.04 Å². The highest BCUT2D eigenvalue weighted by Gasteiger charge is 2.21. The lowest BCUT2D eigenvalue weighted by Crippen LogP contribution is -2.32. The van der Waals surface area contributed by atoms with Gasteiger partial charge in [0.15, 0.2) is 5.78 Å². The number of hydrogen-bond donors (Lipinski definition) is 1. The van der Waals surface area contributed by atoms with Crippen molar-refractivity contribution in [3.63, 3.8) is 0 Å². The maximum atomic E-state index is 12.2. The zero-order valence-electron chi connectivity index (χ0n) is 11.7. The summed E-state index contributed by atoms with van der Waals surface area (Å²) < 4.78 is 11.6. The summed E-state index contributed by atoms with van der Waals surface area (Å²) in [6.45, 7) is 1.32. The van der Waals surface area contributed by atoms with Gasteiger partial charge in [0.1, 0.15) is 5.75 Å². The van der Waals surface area contributed by atoms with Crippen LogP contribution in [0.2, 0.25) is 0 Å². The van der Waals surface area contributed by atoms with E-state index in [0.29, 0.717) is 26.1 Å². The van der Waals surface area contributed by atoms with Crippen LogP contribution in [-0.4, -0.2) is 32.1 Å². The minimum atomic E-state index is -0.429. The van der Waals surface area contributed by atoms with Crippen LogP contribution in [0.4, 0.5) is 0 Å². The Morgan fingerprint density at radius 1 is 1.55 bits per heavy atom. The summed E-state index contributed by atoms with van der Waals surface area (Å²) >= 11 is 3.48. The average molecular weight is 342 g/mol. The quantitative estimate of drug-likeness (QED) is 0.772. The Morgan fingerprint density at radius 3 is 3.10 bits per heavy atom. The van der Waals surface area contributed by atoms with Crippen LogP contribution in [0.3, 0.4) is 0 Å². The molecule has 1 aliphatic heterocycles. The van der Waals surface area contributed by atoms with Gasteiger partial charge in [0.25, 0.3) is 0 Å². The van der Waals surface area contributed by atoms with Gasteiger partial charge in [0.05, 0.1) is 12.6 Å². The first-order valence-corrected chi connectivity index (χ1v) is 7.62. The van der Waals surface area contributed by atoms with E-state index in [1.165, 1.54) is 0 Å². The fraction of sp³-hybridized carbons (Fsp3) is 0.533. The van der Waals surface area contributed by atoms with Crippen molar-refractivity contribution in [2.75, 3.05) is 20.3 Å². The van der Waals surface area contributed by atoms with Gasteiger partial charge in [-0.2, -0.15) is 0 Å². The van der Waals surface area contributed by atoms with E-state index in [2.05, 4.69) is 22.0 Å². The summed E-state index contributed by atoms with van der Waals surface area (Å²) in [5.74, 6) is 0.919. The molecule has 0 saturated carbocycles. The number of rotatable bonds is 7. The molecule has 0 aromatic heterocycles. The van der Waals surface area contributed by atoms with Crippen molar-refractivity contribution in [2.45, 2.75) is 31.7 Å². The summed E-state index contributed by atoms with van der Waals surface area (Å²) in [7, 11) is 1.65. The highest BCUT2D eigenvalue weighted by atomic mass is 79.9. The standard InChI is InChI=1S/C15H20BrNO3/c1-19-5-2-3-13(17)14(18)9-11-8-12(16)7-10-4-6-20-15(10)11/h7-8,13H,2-6,9,17H2,1H3. The summed E-state index contributed by atoms with van der Waals surface area (Å²) in [5, 5.41) is 0. The van der Waals surface area contributed by atoms with E-state index >= 15 is 0 Å². The lowest BCUT2D eigenvalue weighted by Gasteiger charge is -2.12. The third-order valence-electron chi connectivity index (χ3n) is 3.47. The maximum Gasteiger partial charge on any atom is 0.154 e. The molecule has 2 N–H and O–H groups in total. The number of ketones is 1. The molecule has 1 heterocycles. The number of methoxy groups -OCH3 is 1. The predicted molar refractivity (Wildman–Crippen MR) is 81.1 cm³/mol. The van der Waals surface area contributed by atoms with Crippen molar-refractivity contribution >= 4 is 21.7 Å². The zero-order chi connectivity index (χ0) is 14.5. The van der Waals surface area contributed by atoms with Gasteiger partial charge in [0.2, 0.25) is 0 Å². The molecule has 0 radical (unpaired) electrons. The molecule has 0 amide bonds. The van der Waals surface area contributed by atoms with Crippen LogP contribution < -0.4 is 10.5 Å². The highest BCUT2D eigenvalue weighted by molar-refractivity contribution is 9.10. The van der Waals surface area contributed by atoms with Crippen molar-refractivity contribution < 1.29 is 14.3 Å². The molecule has 0 bridgehead atoms. The predicted octanol–water partition coefficient (Wildman–Crippen LogP) is 2.25. The number of Topliss-reactive ketones (excluding diaryl/α,β-unsaturated/α-hetero) is 1. The third-order valence-corrected chi connectivity index (χ3v) is 3.93. The topological polar surface area (TPSA) is 61.5 Å². The second-order valence-corrected chi connectivity index (χ2v) is 5.95. The highest BCUT2D eigenvalue weighted by Crippen LogP contribution is 2.33. The van der Waals surface area contributed by atoms with Crippen LogP contribution in [-0.2, 0) is 22.4 Å². The van der Waals surface area contributed by atoms with Gasteiger partial charge in [-0.25, -0.2) is 0 Å². The van der Waals surface area contributed by atoms with Crippen LogP contribution in [0.1, 0.15) is 24.0 Å². The molecule has 5 heteroatoms. The monoisotopic (exact) mass is 341 g/mol. The number of fused-ring (bicyclic) bond motifs is 1.